The summed E-state index contributed by atoms with van der Waals surface area (Å²) < 4.78 is 5.88. The second kappa shape index (κ2) is 5.63. The number of pyridine rings is 1. The highest BCUT2D eigenvalue weighted by atomic mass is 32.2. The zero-order valence-corrected chi connectivity index (χ0v) is 11.4. The maximum atomic E-state index is 5.88. The van der Waals surface area contributed by atoms with Gasteiger partial charge in [0.25, 0.3) is 0 Å². The molecule has 0 amide bonds. The van der Waals surface area contributed by atoms with Crippen molar-refractivity contribution in [2.45, 2.75) is 17.6 Å². The smallest absolute Gasteiger partial charge is 0.0962 e. The summed E-state index contributed by atoms with van der Waals surface area (Å²) in [5.74, 6) is 0.883. The van der Waals surface area contributed by atoms with Gasteiger partial charge in [-0.25, -0.2) is 4.98 Å². The fourth-order valence-electron chi connectivity index (χ4n) is 2.25. The van der Waals surface area contributed by atoms with Crippen LogP contribution in [-0.2, 0) is 11.2 Å². The average Bonchev–Trinajstić information content (AvgIpc) is 2.47. The lowest BCUT2D eigenvalue weighted by Gasteiger charge is -2.25. The number of benzene rings is 1. The van der Waals surface area contributed by atoms with Crippen molar-refractivity contribution in [3.8, 4) is 0 Å². The van der Waals surface area contributed by atoms with Gasteiger partial charge in [-0.2, -0.15) is 0 Å². The summed E-state index contributed by atoms with van der Waals surface area (Å²) in [5.41, 5.74) is 9.05. The minimum absolute atomic E-state index is 0.161. The van der Waals surface area contributed by atoms with Crippen molar-refractivity contribution in [3.63, 3.8) is 0 Å². The predicted octanol–water partition coefficient (Wildman–Crippen LogP) is 3.07. The number of hydrogen-bond acceptors (Lipinski definition) is 4. The summed E-state index contributed by atoms with van der Waals surface area (Å²) in [6.07, 6.45) is 2.87. The number of nitrogens with two attached hydrogens (primary N) is 1. The van der Waals surface area contributed by atoms with Crippen LogP contribution in [0, 0.1) is 0 Å². The molecule has 98 valence electrons. The van der Waals surface area contributed by atoms with Crippen LogP contribution in [0.4, 0.5) is 5.69 Å². The predicted molar refractivity (Wildman–Crippen MR) is 78.2 cm³/mol. The van der Waals surface area contributed by atoms with E-state index in [0.717, 1.165) is 23.8 Å². The summed E-state index contributed by atoms with van der Waals surface area (Å²) >= 11 is 1.71. The number of thioether (sulfide) groups is 1. The lowest BCUT2D eigenvalue weighted by atomic mass is 9.99. The first kappa shape index (κ1) is 12.5. The second-order valence-electron chi connectivity index (χ2n) is 4.55. The molecule has 4 heteroatoms. The number of rotatable bonds is 3. The minimum atomic E-state index is 0.161. The van der Waals surface area contributed by atoms with Gasteiger partial charge in [0.1, 0.15) is 0 Å². The number of nitrogen functional groups attached to an aromatic ring is 1. The molecule has 0 aliphatic carbocycles. The lowest BCUT2D eigenvalue weighted by molar-refractivity contribution is 0.0588. The lowest BCUT2D eigenvalue weighted by Crippen LogP contribution is -2.17. The molecule has 1 atom stereocenters. The number of aromatic nitrogens is 1. The largest absolute Gasteiger partial charge is 0.397 e. The summed E-state index contributed by atoms with van der Waals surface area (Å²) in [6, 6.07) is 12.4. The molecule has 2 aromatic rings. The van der Waals surface area contributed by atoms with Crippen LogP contribution < -0.4 is 5.73 Å². The molecule has 0 bridgehead atoms. The van der Waals surface area contributed by atoms with Crippen LogP contribution in [0.15, 0.2) is 47.6 Å². The van der Waals surface area contributed by atoms with Gasteiger partial charge in [0.15, 0.2) is 0 Å². The zero-order valence-electron chi connectivity index (χ0n) is 10.6. The number of fused-ring (bicyclic) bond motifs is 1. The van der Waals surface area contributed by atoms with Gasteiger partial charge in [-0.15, -0.1) is 11.8 Å². The Kier molecular flexibility index (Phi) is 3.71. The first-order chi connectivity index (χ1) is 9.33. The van der Waals surface area contributed by atoms with E-state index in [0.29, 0.717) is 5.69 Å². The second-order valence-corrected chi connectivity index (χ2v) is 5.59. The Hall–Kier alpha value is -1.52. The van der Waals surface area contributed by atoms with E-state index in [1.165, 1.54) is 11.1 Å². The fraction of sp³-hybridized carbons (Fsp3) is 0.267. The summed E-state index contributed by atoms with van der Waals surface area (Å²) in [4.78, 5) is 4.30. The number of hydrogen-bond donors (Lipinski definition) is 1. The molecule has 3 nitrogen and oxygen atoms in total. The highest BCUT2D eigenvalue weighted by Crippen LogP contribution is 2.31. The van der Waals surface area contributed by atoms with Crippen LogP contribution in [0.5, 0.6) is 0 Å². The molecule has 0 spiro atoms. The molecule has 2 heterocycles. The number of nitrogens with zero attached hydrogens (tertiary/aromatic N) is 1. The van der Waals surface area contributed by atoms with E-state index in [4.69, 9.17) is 10.5 Å². The van der Waals surface area contributed by atoms with E-state index in [1.807, 2.05) is 12.1 Å². The van der Waals surface area contributed by atoms with Crippen molar-refractivity contribution in [1.29, 1.82) is 0 Å². The topological polar surface area (TPSA) is 48.1 Å². The van der Waals surface area contributed by atoms with Crippen molar-refractivity contribution in [3.05, 3.63) is 53.7 Å². The van der Waals surface area contributed by atoms with E-state index in [9.17, 15) is 0 Å². The molecule has 19 heavy (non-hydrogen) atoms. The van der Waals surface area contributed by atoms with Gasteiger partial charge in [-0.3, -0.25) is 0 Å². The number of anilines is 1. The first-order valence-electron chi connectivity index (χ1n) is 6.36. The maximum absolute atomic E-state index is 5.88. The standard InChI is InChI=1S/C15H16N2OS/c16-12-5-6-15(17-9-12)19-10-14-13-4-2-1-3-11(13)7-8-18-14/h1-6,9,14H,7-8,10,16H2. The Labute approximate surface area is 117 Å². The molecule has 0 saturated heterocycles. The quantitative estimate of drug-likeness (QED) is 0.872. The van der Waals surface area contributed by atoms with Crippen molar-refractivity contribution < 1.29 is 4.74 Å². The third-order valence-electron chi connectivity index (χ3n) is 3.23. The van der Waals surface area contributed by atoms with Crippen LogP contribution in [0.1, 0.15) is 17.2 Å². The van der Waals surface area contributed by atoms with Gasteiger partial charge in [0.2, 0.25) is 0 Å². The van der Waals surface area contributed by atoms with E-state index in [2.05, 4.69) is 29.2 Å². The van der Waals surface area contributed by atoms with Crippen LogP contribution in [0.3, 0.4) is 0 Å². The third-order valence-corrected chi connectivity index (χ3v) is 4.24. The molecule has 1 aromatic heterocycles. The molecule has 0 fully saturated rings. The Morgan fingerprint density at radius 1 is 1.26 bits per heavy atom. The van der Waals surface area contributed by atoms with Crippen LogP contribution in [-0.4, -0.2) is 17.3 Å². The van der Waals surface area contributed by atoms with Crippen LogP contribution in [0.2, 0.25) is 0 Å². The van der Waals surface area contributed by atoms with E-state index in [-0.39, 0.29) is 6.10 Å². The minimum Gasteiger partial charge on any atom is -0.397 e. The van der Waals surface area contributed by atoms with E-state index >= 15 is 0 Å². The molecule has 2 N–H and O–H groups in total. The van der Waals surface area contributed by atoms with E-state index in [1.54, 1.807) is 18.0 Å². The molecule has 0 saturated carbocycles. The third kappa shape index (κ3) is 2.91. The number of ether oxygens (including phenoxy) is 1. The normalized spacial score (nSPS) is 18.0. The first-order valence-corrected chi connectivity index (χ1v) is 7.35. The highest BCUT2D eigenvalue weighted by Gasteiger charge is 2.20. The van der Waals surface area contributed by atoms with Gasteiger partial charge in [0.05, 0.1) is 29.6 Å². The average molecular weight is 272 g/mol. The van der Waals surface area contributed by atoms with Gasteiger partial charge < -0.3 is 10.5 Å². The molecule has 3 rings (SSSR count). The maximum Gasteiger partial charge on any atom is 0.0962 e. The molecular formula is C15H16N2OS. The van der Waals surface area contributed by atoms with Crippen LogP contribution in [0.25, 0.3) is 0 Å². The van der Waals surface area contributed by atoms with Crippen molar-refractivity contribution in [2.75, 3.05) is 18.1 Å². The SMILES string of the molecule is Nc1ccc(SCC2OCCc3ccccc32)nc1. The van der Waals surface area contributed by atoms with Crippen molar-refractivity contribution in [2.24, 2.45) is 0 Å². The van der Waals surface area contributed by atoms with Crippen molar-refractivity contribution >= 4 is 17.4 Å². The fourth-order valence-corrected chi connectivity index (χ4v) is 3.14. The Balaban J connectivity index is 1.69. The highest BCUT2D eigenvalue weighted by molar-refractivity contribution is 7.99. The van der Waals surface area contributed by atoms with Gasteiger partial charge in [-0.05, 0) is 29.7 Å². The molecule has 0 radical (unpaired) electrons. The van der Waals surface area contributed by atoms with Gasteiger partial charge >= 0.3 is 0 Å². The van der Waals surface area contributed by atoms with Crippen LogP contribution >= 0.6 is 11.8 Å². The Morgan fingerprint density at radius 3 is 3.00 bits per heavy atom. The zero-order chi connectivity index (χ0) is 13.1. The molecular weight excluding hydrogens is 256 g/mol. The van der Waals surface area contributed by atoms with Gasteiger partial charge in [-0.1, -0.05) is 24.3 Å². The summed E-state index contributed by atoms with van der Waals surface area (Å²) in [5, 5.41) is 0.987. The Bertz CT molecular complexity index is 556. The van der Waals surface area contributed by atoms with E-state index < -0.39 is 0 Å². The molecule has 1 aliphatic heterocycles. The Morgan fingerprint density at radius 2 is 2.16 bits per heavy atom. The van der Waals surface area contributed by atoms with Gasteiger partial charge in [0, 0.05) is 5.75 Å². The summed E-state index contributed by atoms with van der Waals surface area (Å²) in [7, 11) is 0. The molecule has 1 aliphatic rings. The molecule has 1 unspecified atom stereocenters. The monoisotopic (exact) mass is 272 g/mol. The van der Waals surface area contributed by atoms with Crippen molar-refractivity contribution in [1.82, 2.24) is 4.98 Å². The summed E-state index contributed by atoms with van der Waals surface area (Å²) in [6.45, 7) is 0.803. The molecule has 1 aromatic carbocycles.